The molecule has 0 bridgehead atoms. The highest BCUT2D eigenvalue weighted by Crippen LogP contribution is 2.19. The first-order chi connectivity index (χ1) is 6.13. The summed E-state index contributed by atoms with van der Waals surface area (Å²) in [4.78, 5) is 3.87. The molecule has 1 aromatic heterocycles. The molecular weight excluding hydrogens is 211 g/mol. The fraction of sp³-hybridized carbons (Fsp3) is 0.375. The minimum absolute atomic E-state index is 0.0705. The summed E-state index contributed by atoms with van der Waals surface area (Å²) in [7, 11) is 0. The summed E-state index contributed by atoms with van der Waals surface area (Å²) in [6.07, 6.45) is 2.07. The maximum atomic E-state index is 8.73. The molecule has 0 radical (unpaired) electrons. The molecule has 0 fully saturated rings. The van der Waals surface area contributed by atoms with Crippen LogP contribution in [-0.4, -0.2) is 22.7 Å². The van der Waals surface area contributed by atoms with Crippen LogP contribution in [0.3, 0.4) is 0 Å². The van der Waals surface area contributed by atoms with Crippen molar-refractivity contribution in [3.8, 4) is 0 Å². The smallest absolute Gasteiger partial charge is 0.130 e. The van der Waals surface area contributed by atoms with Crippen molar-refractivity contribution in [1.82, 2.24) is 4.98 Å². The van der Waals surface area contributed by atoms with Crippen molar-refractivity contribution in [1.29, 1.82) is 0 Å². The third kappa shape index (κ3) is 3.12. The van der Waals surface area contributed by atoms with E-state index in [1.807, 2.05) is 0 Å². The number of rotatable bonds is 3. The number of aromatic nitrogens is 1. The standard InChI is InChI=1S/C8H10Cl2N2O/c9-7-2-8(10)12-3-5(7)1-6(11)4-13/h2-3,6,13H,1,4,11H2/t6-/m1/s1. The lowest BCUT2D eigenvalue weighted by Crippen LogP contribution is -2.27. The predicted octanol–water partition coefficient (Wildman–Crippen LogP) is 1.25. The second-order valence-electron chi connectivity index (χ2n) is 2.75. The number of hydrogen-bond donors (Lipinski definition) is 2. The van der Waals surface area contributed by atoms with E-state index >= 15 is 0 Å². The van der Waals surface area contributed by atoms with Crippen molar-refractivity contribution >= 4 is 23.2 Å². The van der Waals surface area contributed by atoms with Crippen LogP contribution in [0.15, 0.2) is 12.3 Å². The number of nitrogens with two attached hydrogens (primary N) is 1. The zero-order valence-electron chi connectivity index (χ0n) is 6.87. The van der Waals surface area contributed by atoms with Gasteiger partial charge in [-0.3, -0.25) is 0 Å². The Balaban J connectivity index is 2.77. The van der Waals surface area contributed by atoms with Crippen molar-refractivity contribution in [2.75, 3.05) is 6.61 Å². The predicted molar refractivity (Wildman–Crippen MR) is 53.0 cm³/mol. The molecule has 5 heteroatoms. The van der Waals surface area contributed by atoms with Crippen LogP contribution >= 0.6 is 23.2 Å². The lowest BCUT2D eigenvalue weighted by atomic mass is 10.1. The largest absolute Gasteiger partial charge is 0.395 e. The van der Waals surface area contributed by atoms with Crippen LogP contribution in [0.4, 0.5) is 0 Å². The summed E-state index contributed by atoms with van der Waals surface area (Å²) in [5, 5.41) is 9.61. The molecule has 0 unspecified atom stereocenters. The van der Waals surface area contributed by atoms with E-state index in [2.05, 4.69) is 4.98 Å². The Kier molecular flexibility index (Phi) is 3.93. The number of aliphatic hydroxyl groups is 1. The summed E-state index contributed by atoms with van der Waals surface area (Å²) in [5.74, 6) is 0. The lowest BCUT2D eigenvalue weighted by Gasteiger charge is -2.08. The summed E-state index contributed by atoms with van der Waals surface area (Å²) in [6.45, 7) is -0.0705. The van der Waals surface area contributed by atoms with E-state index in [1.165, 1.54) is 0 Å². The van der Waals surface area contributed by atoms with E-state index in [0.717, 1.165) is 5.56 Å². The Morgan fingerprint density at radius 1 is 1.54 bits per heavy atom. The van der Waals surface area contributed by atoms with Crippen LogP contribution in [0.2, 0.25) is 10.2 Å². The molecule has 1 atom stereocenters. The van der Waals surface area contributed by atoms with Crippen LogP contribution in [0.1, 0.15) is 5.56 Å². The van der Waals surface area contributed by atoms with Gasteiger partial charge in [0.25, 0.3) is 0 Å². The van der Waals surface area contributed by atoms with Crippen molar-refractivity contribution < 1.29 is 5.11 Å². The number of hydrogen-bond acceptors (Lipinski definition) is 3. The number of halogens is 2. The van der Waals surface area contributed by atoms with Gasteiger partial charge in [-0.1, -0.05) is 23.2 Å². The molecule has 0 amide bonds. The fourth-order valence-corrected chi connectivity index (χ4v) is 1.38. The first kappa shape index (κ1) is 10.7. The molecule has 3 nitrogen and oxygen atoms in total. The first-order valence-electron chi connectivity index (χ1n) is 3.80. The summed E-state index contributed by atoms with van der Waals surface area (Å²) in [6, 6.07) is 1.25. The number of aliphatic hydroxyl groups excluding tert-OH is 1. The Bertz CT molecular complexity index is 293. The average molecular weight is 221 g/mol. The second kappa shape index (κ2) is 4.77. The van der Waals surface area contributed by atoms with E-state index in [1.54, 1.807) is 12.3 Å². The van der Waals surface area contributed by atoms with Gasteiger partial charge in [0.1, 0.15) is 5.15 Å². The van der Waals surface area contributed by atoms with E-state index in [4.69, 9.17) is 34.0 Å². The van der Waals surface area contributed by atoms with Crippen molar-refractivity contribution in [2.24, 2.45) is 5.73 Å². The zero-order chi connectivity index (χ0) is 9.84. The third-order valence-corrected chi connectivity index (χ3v) is 2.17. The molecule has 0 aliphatic rings. The molecule has 0 saturated heterocycles. The van der Waals surface area contributed by atoms with Gasteiger partial charge in [0.15, 0.2) is 0 Å². The molecule has 13 heavy (non-hydrogen) atoms. The van der Waals surface area contributed by atoms with Gasteiger partial charge >= 0.3 is 0 Å². The summed E-state index contributed by atoms with van der Waals surface area (Å²) >= 11 is 11.5. The van der Waals surface area contributed by atoms with Gasteiger partial charge in [0.05, 0.1) is 6.61 Å². The summed E-state index contributed by atoms with van der Waals surface area (Å²) in [5.41, 5.74) is 6.34. The lowest BCUT2D eigenvalue weighted by molar-refractivity contribution is 0.265. The SMILES string of the molecule is N[C@@H](CO)Cc1cnc(Cl)cc1Cl. The Hall–Kier alpha value is -0.350. The van der Waals surface area contributed by atoms with Gasteiger partial charge < -0.3 is 10.8 Å². The van der Waals surface area contributed by atoms with Gasteiger partial charge in [-0.2, -0.15) is 0 Å². The molecule has 1 aromatic rings. The Labute approximate surface area is 86.5 Å². The molecule has 0 saturated carbocycles. The fourth-order valence-electron chi connectivity index (χ4n) is 0.933. The highest BCUT2D eigenvalue weighted by Gasteiger charge is 2.07. The Morgan fingerprint density at radius 3 is 2.77 bits per heavy atom. The molecule has 72 valence electrons. The normalized spacial score (nSPS) is 12.9. The van der Waals surface area contributed by atoms with Gasteiger partial charge in [-0.15, -0.1) is 0 Å². The first-order valence-corrected chi connectivity index (χ1v) is 4.55. The Morgan fingerprint density at radius 2 is 2.23 bits per heavy atom. The van der Waals surface area contributed by atoms with Crippen molar-refractivity contribution in [3.63, 3.8) is 0 Å². The molecule has 1 rings (SSSR count). The number of nitrogens with zero attached hydrogens (tertiary/aromatic N) is 1. The van der Waals surface area contributed by atoms with Crippen LogP contribution in [-0.2, 0) is 6.42 Å². The van der Waals surface area contributed by atoms with E-state index in [0.29, 0.717) is 16.6 Å². The highest BCUT2D eigenvalue weighted by molar-refractivity contribution is 6.34. The van der Waals surface area contributed by atoms with E-state index < -0.39 is 0 Å². The molecule has 3 N–H and O–H groups in total. The molecule has 0 spiro atoms. The highest BCUT2D eigenvalue weighted by atomic mass is 35.5. The average Bonchev–Trinajstić information content (AvgIpc) is 2.09. The van der Waals surface area contributed by atoms with Crippen molar-refractivity contribution in [2.45, 2.75) is 12.5 Å². The van der Waals surface area contributed by atoms with Gasteiger partial charge in [-0.25, -0.2) is 4.98 Å². The second-order valence-corrected chi connectivity index (χ2v) is 3.54. The quantitative estimate of drug-likeness (QED) is 0.755. The summed E-state index contributed by atoms with van der Waals surface area (Å²) < 4.78 is 0. The molecule has 0 aliphatic carbocycles. The molecule has 1 heterocycles. The van der Waals surface area contributed by atoms with Crippen LogP contribution in [0, 0.1) is 0 Å². The maximum absolute atomic E-state index is 8.73. The number of pyridine rings is 1. The topological polar surface area (TPSA) is 59.1 Å². The van der Waals surface area contributed by atoms with Gasteiger partial charge in [0.2, 0.25) is 0 Å². The molecular formula is C8H10Cl2N2O. The van der Waals surface area contributed by atoms with Crippen molar-refractivity contribution in [3.05, 3.63) is 28.0 Å². The van der Waals surface area contributed by atoms with E-state index in [9.17, 15) is 0 Å². The van der Waals surface area contributed by atoms with Gasteiger partial charge in [0, 0.05) is 17.3 Å². The minimum Gasteiger partial charge on any atom is -0.395 e. The van der Waals surface area contributed by atoms with E-state index in [-0.39, 0.29) is 12.6 Å². The zero-order valence-corrected chi connectivity index (χ0v) is 8.39. The van der Waals surface area contributed by atoms with Crippen LogP contribution in [0.5, 0.6) is 0 Å². The third-order valence-electron chi connectivity index (χ3n) is 1.61. The van der Waals surface area contributed by atoms with Crippen LogP contribution in [0.25, 0.3) is 0 Å². The van der Waals surface area contributed by atoms with Crippen LogP contribution < -0.4 is 5.73 Å². The maximum Gasteiger partial charge on any atom is 0.130 e. The molecule has 0 aromatic carbocycles. The molecule has 0 aliphatic heterocycles. The monoisotopic (exact) mass is 220 g/mol. The minimum atomic E-state index is -0.305. The van der Waals surface area contributed by atoms with Gasteiger partial charge in [-0.05, 0) is 18.1 Å².